The van der Waals surface area contributed by atoms with E-state index in [9.17, 15) is 4.79 Å². The van der Waals surface area contributed by atoms with Crippen LogP contribution in [0.1, 0.15) is 18.9 Å². The Balaban J connectivity index is 1.91. The Morgan fingerprint density at radius 2 is 1.96 bits per heavy atom. The first kappa shape index (κ1) is 14.4. The Bertz CT molecular complexity index is 1190. The molecule has 3 heterocycles. The van der Waals surface area contributed by atoms with Crippen molar-refractivity contribution < 1.29 is 4.42 Å². The Hall–Kier alpha value is -2.93. The summed E-state index contributed by atoms with van der Waals surface area (Å²) in [7, 11) is 0. The van der Waals surface area contributed by atoms with E-state index in [2.05, 4.69) is 15.0 Å². The summed E-state index contributed by atoms with van der Waals surface area (Å²) in [5.41, 5.74) is 8.30. The number of fused-ring (bicyclic) bond motifs is 3. The zero-order chi connectivity index (χ0) is 17.1. The van der Waals surface area contributed by atoms with E-state index in [1.54, 1.807) is 17.0 Å². The van der Waals surface area contributed by atoms with Crippen LogP contribution >= 0.6 is 11.6 Å². The average Bonchev–Trinajstić information content (AvgIpc) is 3.32. The lowest BCUT2D eigenvalue weighted by Crippen LogP contribution is -2.20. The Kier molecular flexibility index (Phi) is 2.90. The van der Waals surface area contributed by atoms with E-state index < -0.39 is 0 Å². The van der Waals surface area contributed by atoms with E-state index in [-0.39, 0.29) is 17.5 Å². The Morgan fingerprint density at radius 1 is 1.20 bits per heavy atom. The summed E-state index contributed by atoms with van der Waals surface area (Å²) in [6.07, 6.45) is 6.41. The number of hydrogen-bond donors (Lipinski definition) is 1. The summed E-state index contributed by atoms with van der Waals surface area (Å²) in [6, 6.07) is 3.90. The number of aromatic nitrogens is 4. The van der Waals surface area contributed by atoms with Gasteiger partial charge in [0.25, 0.3) is 5.56 Å². The van der Waals surface area contributed by atoms with Crippen molar-refractivity contribution in [2.75, 3.05) is 5.73 Å². The first-order valence-electron chi connectivity index (χ1n) is 7.83. The van der Waals surface area contributed by atoms with Crippen molar-refractivity contribution in [2.24, 2.45) is 0 Å². The zero-order valence-electron chi connectivity index (χ0n) is 12.9. The van der Waals surface area contributed by atoms with Gasteiger partial charge >= 0.3 is 0 Å². The van der Waals surface area contributed by atoms with E-state index in [1.807, 2.05) is 12.1 Å². The van der Waals surface area contributed by atoms with Crippen LogP contribution in [-0.4, -0.2) is 19.5 Å². The topological polar surface area (TPSA) is 99.8 Å². The van der Waals surface area contributed by atoms with Crippen molar-refractivity contribution in [2.45, 2.75) is 18.9 Å². The fraction of sp³-hybridized carbons (Fsp3) is 0.176. The molecule has 0 bridgehead atoms. The normalized spacial score (nSPS) is 14.4. The number of hydrogen-bond acceptors (Lipinski definition) is 6. The van der Waals surface area contributed by atoms with Crippen LogP contribution in [0.4, 0.5) is 5.95 Å². The van der Waals surface area contributed by atoms with Crippen molar-refractivity contribution in [3.8, 4) is 11.1 Å². The zero-order valence-corrected chi connectivity index (χ0v) is 13.7. The molecule has 0 aliphatic heterocycles. The summed E-state index contributed by atoms with van der Waals surface area (Å²) in [5.74, 6) is 0.193. The van der Waals surface area contributed by atoms with Crippen LogP contribution in [0.15, 0.2) is 40.1 Å². The number of benzene rings is 1. The highest BCUT2D eigenvalue weighted by Gasteiger charge is 2.30. The van der Waals surface area contributed by atoms with Crippen LogP contribution in [0.25, 0.3) is 33.1 Å². The maximum atomic E-state index is 12.9. The number of anilines is 1. The molecule has 2 N–H and O–H groups in total. The molecule has 0 amide bonds. The van der Waals surface area contributed by atoms with Crippen molar-refractivity contribution in [3.05, 3.63) is 46.3 Å². The fourth-order valence-electron chi connectivity index (χ4n) is 3.17. The summed E-state index contributed by atoms with van der Waals surface area (Å²) in [4.78, 5) is 25.0. The van der Waals surface area contributed by atoms with E-state index in [1.165, 1.54) is 6.39 Å². The van der Waals surface area contributed by atoms with Gasteiger partial charge in [-0.1, -0.05) is 17.7 Å². The van der Waals surface area contributed by atoms with Crippen molar-refractivity contribution in [3.63, 3.8) is 0 Å². The van der Waals surface area contributed by atoms with Crippen LogP contribution in [0.3, 0.4) is 0 Å². The monoisotopic (exact) mass is 353 g/mol. The molecule has 0 radical (unpaired) electrons. The number of rotatable bonds is 2. The maximum Gasteiger partial charge on any atom is 0.281 e. The summed E-state index contributed by atoms with van der Waals surface area (Å²) >= 11 is 6.72. The lowest BCUT2D eigenvalue weighted by molar-refractivity contribution is 0.604. The van der Waals surface area contributed by atoms with E-state index in [4.69, 9.17) is 21.8 Å². The largest absolute Gasteiger partial charge is 0.443 e. The molecule has 1 aliphatic carbocycles. The molecule has 0 unspecified atom stereocenters. The SMILES string of the molecule is Nc1ncc(-c2ccc3c4ocnc4c(=O)n(C4CC4)c3c2Cl)cn1. The molecule has 124 valence electrons. The highest BCUT2D eigenvalue weighted by molar-refractivity contribution is 6.38. The maximum absolute atomic E-state index is 12.9. The minimum absolute atomic E-state index is 0.145. The van der Waals surface area contributed by atoms with Gasteiger partial charge in [0.15, 0.2) is 17.5 Å². The number of oxazole rings is 1. The van der Waals surface area contributed by atoms with Gasteiger partial charge in [0.2, 0.25) is 5.95 Å². The number of nitrogen functional groups attached to an aromatic ring is 1. The molecule has 1 fully saturated rings. The third-order valence-corrected chi connectivity index (χ3v) is 4.87. The number of pyridine rings is 1. The highest BCUT2D eigenvalue weighted by Crippen LogP contribution is 2.41. The van der Waals surface area contributed by atoms with Gasteiger partial charge in [0.05, 0.1) is 10.5 Å². The molecule has 25 heavy (non-hydrogen) atoms. The third-order valence-electron chi connectivity index (χ3n) is 4.49. The van der Waals surface area contributed by atoms with Crippen LogP contribution in [0.5, 0.6) is 0 Å². The van der Waals surface area contributed by atoms with Gasteiger partial charge in [0.1, 0.15) is 0 Å². The third kappa shape index (κ3) is 2.05. The molecule has 1 aromatic carbocycles. The van der Waals surface area contributed by atoms with E-state index in [0.29, 0.717) is 21.6 Å². The van der Waals surface area contributed by atoms with Crippen molar-refractivity contribution in [1.82, 2.24) is 19.5 Å². The van der Waals surface area contributed by atoms with Gasteiger partial charge in [0, 0.05) is 34.9 Å². The van der Waals surface area contributed by atoms with Crippen LogP contribution in [0.2, 0.25) is 5.02 Å². The first-order chi connectivity index (χ1) is 12.1. The molecule has 0 spiro atoms. The minimum Gasteiger partial charge on any atom is -0.443 e. The second kappa shape index (κ2) is 5.03. The Labute approximate surface area is 146 Å². The number of nitrogens with zero attached hydrogens (tertiary/aromatic N) is 4. The fourth-order valence-corrected chi connectivity index (χ4v) is 3.53. The molecule has 5 rings (SSSR count). The highest BCUT2D eigenvalue weighted by atomic mass is 35.5. The lowest BCUT2D eigenvalue weighted by Gasteiger charge is -2.13. The van der Waals surface area contributed by atoms with Gasteiger partial charge in [-0.3, -0.25) is 4.79 Å². The van der Waals surface area contributed by atoms with Gasteiger partial charge in [-0.2, -0.15) is 0 Å². The minimum atomic E-state index is -0.175. The molecule has 4 aromatic rings. The molecule has 0 saturated heterocycles. The summed E-state index contributed by atoms with van der Waals surface area (Å²) in [6.45, 7) is 0. The standard InChI is InChI=1S/C17H12ClN5O2/c18-12-10(8-5-20-17(19)21-6-8)3-4-11-14(12)23(9-1-2-9)16(24)13-15(11)25-7-22-13/h3-7,9H,1-2H2,(H2,19,20,21). The molecule has 1 aliphatic rings. The van der Waals surface area contributed by atoms with Crippen LogP contribution < -0.4 is 11.3 Å². The van der Waals surface area contributed by atoms with Gasteiger partial charge in [-0.15, -0.1) is 0 Å². The van der Waals surface area contributed by atoms with E-state index >= 15 is 0 Å². The van der Waals surface area contributed by atoms with Crippen LogP contribution in [-0.2, 0) is 0 Å². The first-order valence-corrected chi connectivity index (χ1v) is 8.20. The molecule has 7 nitrogen and oxygen atoms in total. The Morgan fingerprint density at radius 3 is 2.68 bits per heavy atom. The average molecular weight is 354 g/mol. The van der Waals surface area contributed by atoms with E-state index in [0.717, 1.165) is 29.4 Å². The second-order valence-corrected chi connectivity index (χ2v) is 6.47. The van der Waals surface area contributed by atoms with Gasteiger partial charge < -0.3 is 14.7 Å². The molecule has 3 aromatic heterocycles. The van der Waals surface area contributed by atoms with Crippen LogP contribution in [0, 0.1) is 0 Å². The van der Waals surface area contributed by atoms with Crippen molar-refractivity contribution in [1.29, 1.82) is 0 Å². The van der Waals surface area contributed by atoms with Gasteiger partial charge in [-0.05, 0) is 18.9 Å². The molecule has 0 atom stereocenters. The molecular weight excluding hydrogens is 342 g/mol. The number of nitrogens with two attached hydrogens (primary N) is 1. The predicted octanol–water partition coefficient (Wildman–Crippen LogP) is 3.17. The smallest absolute Gasteiger partial charge is 0.281 e. The number of halogens is 1. The summed E-state index contributed by atoms with van der Waals surface area (Å²) < 4.78 is 7.20. The molecular formula is C17H12ClN5O2. The second-order valence-electron chi connectivity index (χ2n) is 6.09. The van der Waals surface area contributed by atoms with Crippen molar-refractivity contribution >= 4 is 39.6 Å². The predicted molar refractivity (Wildman–Crippen MR) is 94.5 cm³/mol. The molecule has 1 saturated carbocycles. The lowest BCUT2D eigenvalue weighted by atomic mass is 10.1. The summed E-state index contributed by atoms with van der Waals surface area (Å²) in [5, 5.41) is 1.23. The quantitative estimate of drug-likeness (QED) is 0.594. The van der Waals surface area contributed by atoms with Gasteiger partial charge in [-0.25, -0.2) is 15.0 Å². The molecule has 8 heteroatoms.